The first-order valence-electron chi connectivity index (χ1n) is 26.3. The highest BCUT2D eigenvalue weighted by molar-refractivity contribution is 6.16. The van der Waals surface area contributed by atoms with Crippen LogP contribution in [0.15, 0.2) is 261 Å². The van der Waals surface area contributed by atoms with Gasteiger partial charge in [0.25, 0.3) is 0 Å². The molecular weight excluding hydrogens is 919 g/mol. The molecule has 0 aliphatic heterocycles. The molecule has 0 N–H and O–H groups in total. The Morgan fingerprint density at radius 1 is 0.316 bits per heavy atom. The van der Waals surface area contributed by atoms with E-state index in [0.717, 1.165) is 83.0 Å². The quantitative estimate of drug-likeness (QED) is 0.159. The Kier molecular flexibility index (Phi) is 9.92. The molecule has 0 spiro atoms. The lowest BCUT2D eigenvalue weighted by atomic mass is 9.79. The van der Waals surface area contributed by atoms with E-state index in [1.807, 2.05) is 0 Å². The van der Waals surface area contributed by atoms with Crippen molar-refractivity contribution in [1.29, 1.82) is 0 Å². The molecule has 356 valence electrons. The Morgan fingerprint density at radius 3 is 1.63 bits per heavy atom. The summed E-state index contributed by atoms with van der Waals surface area (Å²) in [6.45, 7) is 4.76. The highest BCUT2D eigenvalue weighted by Gasteiger charge is 2.37. The summed E-state index contributed by atoms with van der Waals surface area (Å²) >= 11 is 0. The summed E-state index contributed by atoms with van der Waals surface area (Å²) in [5.74, 6) is 0.670. The van der Waals surface area contributed by atoms with Crippen molar-refractivity contribution in [2.24, 2.45) is 0 Å². The van der Waals surface area contributed by atoms with Crippen molar-refractivity contribution in [3.05, 3.63) is 272 Å². The molecule has 0 bridgehead atoms. The van der Waals surface area contributed by atoms with Crippen molar-refractivity contribution in [2.75, 3.05) is 0 Å². The average Bonchev–Trinajstić information content (AvgIpc) is 3.95. The van der Waals surface area contributed by atoms with Crippen LogP contribution in [-0.2, 0) is 5.41 Å². The van der Waals surface area contributed by atoms with Gasteiger partial charge in [-0.3, -0.25) is 0 Å². The van der Waals surface area contributed by atoms with Gasteiger partial charge in [0.1, 0.15) is 0 Å². The van der Waals surface area contributed by atoms with Crippen LogP contribution in [0.4, 0.5) is 0 Å². The van der Waals surface area contributed by atoms with Gasteiger partial charge in [0.2, 0.25) is 0 Å². The van der Waals surface area contributed by atoms with Crippen LogP contribution in [0.5, 0.6) is 0 Å². The number of benzene rings is 12. The molecule has 14 aromatic rings. The largest absolute Gasteiger partial charge is 0.309 e. The van der Waals surface area contributed by atoms with Crippen LogP contribution in [0.1, 0.15) is 25.0 Å². The van der Waals surface area contributed by atoms with Gasteiger partial charge in [0.05, 0.1) is 27.9 Å². The Hall–Kier alpha value is -9.70. The van der Waals surface area contributed by atoms with Gasteiger partial charge in [-0.05, 0) is 131 Å². The molecule has 0 unspecified atom stereocenters. The first-order chi connectivity index (χ1) is 37.4. The molecule has 3 nitrogen and oxygen atoms in total. The summed E-state index contributed by atoms with van der Waals surface area (Å²) in [5, 5.41) is 8.11. The Morgan fingerprint density at radius 2 is 0.882 bits per heavy atom. The lowest BCUT2D eigenvalue weighted by molar-refractivity contribution is 0.662. The van der Waals surface area contributed by atoms with Gasteiger partial charge in [-0.1, -0.05) is 226 Å². The summed E-state index contributed by atoms with van der Waals surface area (Å²) < 4.78 is 2.49. The monoisotopic (exact) mass is 967 g/mol. The lowest BCUT2D eigenvalue weighted by Crippen LogP contribution is -2.16. The van der Waals surface area contributed by atoms with Crippen molar-refractivity contribution < 1.29 is 0 Å². The first kappa shape index (κ1) is 43.8. The number of aromatic nitrogens is 3. The van der Waals surface area contributed by atoms with E-state index in [1.54, 1.807) is 0 Å². The fourth-order valence-corrected chi connectivity index (χ4v) is 12.5. The molecule has 76 heavy (non-hydrogen) atoms. The minimum absolute atomic E-state index is 0.148. The molecule has 0 saturated heterocycles. The van der Waals surface area contributed by atoms with Gasteiger partial charge in [-0.2, -0.15) is 0 Å². The normalized spacial score (nSPS) is 12.7. The van der Waals surface area contributed by atoms with Crippen molar-refractivity contribution in [1.82, 2.24) is 14.5 Å². The molecule has 0 radical (unpaired) electrons. The third-order valence-corrected chi connectivity index (χ3v) is 16.1. The Balaban J connectivity index is 0.975. The fourth-order valence-electron chi connectivity index (χ4n) is 12.5. The standard InChI is InChI=1S/C73H49N3/c1-73(2)65-32-17-16-29-58(65)59-31-18-30-57(70(59)73)54-37-38-67-62(41-54)63-40-51-25-12-13-26-52(51)42-69(63)76(67)68-43-55(39-53-27-14-15-28-56(53)68)72-74-66-45-61(49-23-10-5-11-24-49)60(48-21-8-4-9-22-48)44-64(66)71(75-72)50-35-33-47(34-36-50)46-19-6-3-7-20-46/h3-45H,1-2H3. The number of nitrogens with zero attached hydrogens (tertiary/aromatic N) is 3. The Bertz CT molecular complexity index is 4630. The molecule has 0 amide bonds. The molecule has 2 aromatic heterocycles. The molecule has 0 fully saturated rings. The van der Waals surface area contributed by atoms with E-state index < -0.39 is 0 Å². The maximum Gasteiger partial charge on any atom is 0.160 e. The van der Waals surface area contributed by atoms with Crippen molar-refractivity contribution >= 4 is 54.3 Å². The highest BCUT2D eigenvalue weighted by atomic mass is 15.0. The van der Waals surface area contributed by atoms with E-state index in [9.17, 15) is 0 Å². The molecule has 1 aliphatic carbocycles. The predicted molar refractivity (Wildman–Crippen MR) is 319 cm³/mol. The van der Waals surface area contributed by atoms with Gasteiger partial charge in [0, 0.05) is 38.1 Å². The van der Waals surface area contributed by atoms with Crippen LogP contribution >= 0.6 is 0 Å². The minimum atomic E-state index is -0.148. The second kappa shape index (κ2) is 17.2. The third kappa shape index (κ3) is 6.97. The van der Waals surface area contributed by atoms with Gasteiger partial charge in [0.15, 0.2) is 5.82 Å². The van der Waals surface area contributed by atoms with Crippen LogP contribution in [0, 0.1) is 0 Å². The SMILES string of the molecule is CC1(C)c2ccccc2-c2cccc(-c3ccc4c(c3)c3cc5ccccc5cc3n4-c3cc(-c4nc(-c5ccc(-c6ccccc6)cc5)c5cc(-c6ccccc6)c(-c6ccccc6)cc5n4)cc4ccccc34)c21. The van der Waals surface area contributed by atoms with Gasteiger partial charge < -0.3 is 4.57 Å². The maximum absolute atomic E-state index is 5.66. The molecule has 1 aliphatic rings. The third-order valence-electron chi connectivity index (χ3n) is 16.1. The average molecular weight is 968 g/mol. The first-order valence-corrected chi connectivity index (χ1v) is 26.3. The van der Waals surface area contributed by atoms with Crippen LogP contribution < -0.4 is 0 Å². The highest BCUT2D eigenvalue weighted by Crippen LogP contribution is 2.53. The number of hydrogen-bond acceptors (Lipinski definition) is 2. The van der Waals surface area contributed by atoms with Crippen molar-refractivity contribution in [3.63, 3.8) is 0 Å². The van der Waals surface area contributed by atoms with E-state index in [2.05, 4.69) is 279 Å². The van der Waals surface area contributed by atoms with Crippen molar-refractivity contribution in [3.8, 4) is 84.0 Å². The Labute approximate surface area is 441 Å². The number of fused-ring (bicyclic) bond motifs is 9. The molecule has 15 rings (SSSR count). The maximum atomic E-state index is 5.66. The molecule has 0 atom stereocenters. The van der Waals surface area contributed by atoms with E-state index in [1.165, 1.54) is 60.5 Å². The lowest BCUT2D eigenvalue weighted by Gasteiger charge is -2.24. The fraction of sp³-hybridized carbons (Fsp3) is 0.0411. The molecule has 2 heterocycles. The summed E-state index contributed by atoms with van der Waals surface area (Å²) in [6.07, 6.45) is 0. The van der Waals surface area contributed by atoms with E-state index in [0.29, 0.717) is 5.82 Å². The van der Waals surface area contributed by atoms with Gasteiger partial charge >= 0.3 is 0 Å². The van der Waals surface area contributed by atoms with Crippen molar-refractivity contribution in [2.45, 2.75) is 19.3 Å². The summed E-state index contributed by atoms with van der Waals surface area (Å²) in [4.78, 5) is 11.2. The summed E-state index contributed by atoms with van der Waals surface area (Å²) in [6, 6.07) is 95.2. The second-order valence-corrected chi connectivity index (χ2v) is 20.9. The molecule has 3 heteroatoms. The molecular formula is C73H49N3. The number of hydrogen-bond donors (Lipinski definition) is 0. The zero-order valence-corrected chi connectivity index (χ0v) is 42.2. The minimum Gasteiger partial charge on any atom is -0.309 e. The summed E-state index contributed by atoms with van der Waals surface area (Å²) in [7, 11) is 0. The topological polar surface area (TPSA) is 30.7 Å². The van der Waals surface area contributed by atoms with Crippen LogP contribution in [-0.4, -0.2) is 14.5 Å². The van der Waals surface area contributed by atoms with Crippen LogP contribution in [0.3, 0.4) is 0 Å². The van der Waals surface area contributed by atoms with Crippen LogP contribution in [0.2, 0.25) is 0 Å². The zero-order valence-electron chi connectivity index (χ0n) is 42.2. The smallest absolute Gasteiger partial charge is 0.160 e. The second-order valence-electron chi connectivity index (χ2n) is 20.9. The van der Waals surface area contributed by atoms with E-state index in [-0.39, 0.29) is 5.41 Å². The zero-order chi connectivity index (χ0) is 50.5. The van der Waals surface area contributed by atoms with E-state index >= 15 is 0 Å². The van der Waals surface area contributed by atoms with Gasteiger partial charge in [-0.25, -0.2) is 9.97 Å². The summed E-state index contributed by atoms with van der Waals surface area (Å²) in [5.41, 5.74) is 21.8. The van der Waals surface area contributed by atoms with Gasteiger partial charge in [-0.15, -0.1) is 0 Å². The predicted octanol–water partition coefficient (Wildman–Crippen LogP) is 19.3. The number of rotatable bonds is 7. The van der Waals surface area contributed by atoms with E-state index in [4.69, 9.17) is 9.97 Å². The molecule has 12 aromatic carbocycles. The van der Waals surface area contributed by atoms with Crippen LogP contribution in [0.25, 0.3) is 138 Å². The molecule has 0 saturated carbocycles.